The van der Waals surface area contributed by atoms with Crippen molar-refractivity contribution >= 4 is 39.3 Å². The van der Waals surface area contributed by atoms with Gasteiger partial charge in [0.15, 0.2) is 0 Å². The Morgan fingerprint density at radius 3 is 1.93 bits per heavy atom. The summed E-state index contributed by atoms with van der Waals surface area (Å²) in [6.07, 6.45) is 0. The Balaban J connectivity index is 2.29. The van der Waals surface area contributed by atoms with Crippen LogP contribution >= 0.6 is 15.9 Å². The van der Waals surface area contributed by atoms with E-state index in [4.69, 9.17) is 0 Å². The van der Waals surface area contributed by atoms with Crippen molar-refractivity contribution in [3.8, 4) is 0 Å². The van der Waals surface area contributed by atoms with Gasteiger partial charge in [-0.1, -0.05) is 0 Å². The third-order valence-corrected chi connectivity index (χ3v) is 7.39. The molecule has 0 saturated heterocycles. The van der Waals surface area contributed by atoms with E-state index in [0.717, 1.165) is 4.47 Å². The predicted octanol–water partition coefficient (Wildman–Crippen LogP) is 2.69. The second kappa shape index (κ2) is 5.00. The molecule has 0 heterocycles. The second-order valence-electron chi connectivity index (χ2n) is 3.37. The Kier molecular flexibility index (Phi) is 3.66. The van der Waals surface area contributed by atoms with Crippen LogP contribution in [0.2, 0.25) is 5.71 Å². The zero-order valence-electron chi connectivity index (χ0n) is 8.52. The van der Waals surface area contributed by atoms with E-state index in [2.05, 4.69) is 76.2 Å². The average molecular weight is 323 g/mol. The summed E-state index contributed by atoms with van der Waals surface area (Å²) in [5, 5.41) is 0. The molecule has 0 nitrogen and oxygen atoms in total. The molecule has 0 aliphatic carbocycles. The summed E-state index contributed by atoms with van der Waals surface area (Å²) in [6, 6.07) is 19.5. The molecule has 2 rings (SSSR count). The van der Waals surface area contributed by atoms with Gasteiger partial charge >= 0.3 is 104 Å². The summed E-state index contributed by atoms with van der Waals surface area (Å²) < 4.78 is 4.16. The minimum absolute atomic E-state index is 1.03. The summed E-state index contributed by atoms with van der Waals surface area (Å²) in [5.41, 5.74) is 2.38. The molecular weight excluding hydrogens is 311 g/mol. The molecule has 0 spiro atoms. The molecule has 0 aliphatic heterocycles. The van der Waals surface area contributed by atoms with Gasteiger partial charge in [0.2, 0.25) is 0 Å². The molecule has 0 fully saturated rings. The monoisotopic (exact) mass is 322 g/mol. The summed E-state index contributed by atoms with van der Waals surface area (Å²) in [4.78, 5) is 0. The van der Waals surface area contributed by atoms with Crippen molar-refractivity contribution in [2.75, 3.05) is 0 Å². The first-order chi connectivity index (χ1) is 7.27. The van der Waals surface area contributed by atoms with Crippen molar-refractivity contribution in [2.45, 2.75) is 5.71 Å². The quantitative estimate of drug-likeness (QED) is 0.746. The summed E-state index contributed by atoms with van der Waals surface area (Å²) in [5.74, 6) is 0. The number of benzene rings is 2. The van der Waals surface area contributed by atoms with Crippen LogP contribution in [0.25, 0.3) is 0 Å². The molecule has 0 radical (unpaired) electrons. The molecule has 2 aromatic carbocycles. The van der Waals surface area contributed by atoms with E-state index in [0.29, 0.717) is 0 Å². The normalized spacial score (nSPS) is 12.4. The van der Waals surface area contributed by atoms with Crippen LogP contribution in [0.3, 0.4) is 0 Å². The van der Waals surface area contributed by atoms with Gasteiger partial charge in [0.05, 0.1) is 0 Å². The van der Waals surface area contributed by atoms with Crippen LogP contribution in [0.1, 0.15) is 0 Å². The molecule has 0 bridgehead atoms. The van der Waals surface area contributed by atoms with Crippen LogP contribution in [0.15, 0.2) is 59.1 Å². The molecule has 0 N–H and O–H groups in total. The van der Waals surface area contributed by atoms with Gasteiger partial charge in [0.1, 0.15) is 0 Å². The molecule has 0 aliphatic rings. The fourth-order valence-electron chi connectivity index (χ4n) is 1.47. The Labute approximate surface area is 104 Å². The van der Waals surface area contributed by atoms with Crippen LogP contribution in [0.5, 0.6) is 0 Å². The van der Waals surface area contributed by atoms with Crippen molar-refractivity contribution < 1.29 is 0 Å². The van der Waals surface area contributed by atoms with E-state index in [-0.39, 0.29) is 0 Å². The van der Waals surface area contributed by atoms with Gasteiger partial charge in [-0.25, -0.2) is 0 Å². The number of hydrogen-bond acceptors (Lipinski definition) is 0. The van der Waals surface area contributed by atoms with Crippen molar-refractivity contribution in [3.05, 3.63) is 59.1 Å². The zero-order chi connectivity index (χ0) is 10.7. The first-order valence-electron chi connectivity index (χ1n) is 4.82. The Bertz CT molecular complexity index is 422. The topological polar surface area (TPSA) is 0 Å². The molecule has 2 heteroatoms. The van der Waals surface area contributed by atoms with Crippen LogP contribution in [0, 0.1) is 0 Å². The Morgan fingerprint density at radius 1 is 0.800 bits per heavy atom. The molecular formula is C13H12AsBr. The van der Waals surface area contributed by atoms with Crippen LogP contribution in [-0.2, 0) is 0 Å². The van der Waals surface area contributed by atoms with E-state index in [1.165, 1.54) is 8.70 Å². The number of halogens is 1. The SMILES string of the molecule is C[As](c1ccccc1)c1ccc(Br)cc1. The fourth-order valence-corrected chi connectivity index (χ4v) is 4.91. The zero-order valence-corrected chi connectivity index (χ0v) is 12.0. The molecule has 0 amide bonds. The average Bonchev–Trinajstić information content (AvgIpc) is 2.30. The standard InChI is InChI=1S/C13H12AsBr/c1-14(11-5-3-2-4-6-11)12-7-9-13(15)10-8-12/h2-10H,1H3. The second-order valence-corrected chi connectivity index (χ2v) is 8.80. The van der Waals surface area contributed by atoms with Crippen molar-refractivity contribution in [2.24, 2.45) is 0 Å². The van der Waals surface area contributed by atoms with E-state index in [1.54, 1.807) is 0 Å². The van der Waals surface area contributed by atoms with E-state index >= 15 is 0 Å². The maximum atomic E-state index is 3.47. The first kappa shape index (κ1) is 11.0. The first-order valence-corrected chi connectivity index (χ1v) is 9.36. The fraction of sp³-hybridized carbons (Fsp3) is 0.0769. The summed E-state index contributed by atoms with van der Waals surface area (Å²) >= 11 is 2.44. The number of rotatable bonds is 2. The van der Waals surface area contributed by atoms with Gasteiger partial charge in [-0.15, -0.1) is 0 Å². The van der Waals surface area contributed by atoms with Crippen LogP contribution < -0.4 is 8.70 Å². The number of hydrogen-bond donors (Lipinski definition) is 0. The molecule has 1 atom stereocenters. The van der Waals surface area contributed by atoms with Gasteiger partial charge in [0.25, 0.3) is 0 Å². The molecule has 0 aromatic heterocycles. The molecule has 76 valence electrons. The van der Waals surface area contributed by atoms with E-state index < -0.39 is 14.7 Å². The summed E-state index contributed by atoms with van der Waals surface area (Å²) in [7, 11) is 0. The summed E-state index contributed by atoms with van der Waals surface area (Å²) in [6.45, 7) is 0. The third kappa shape index (κ3) is 2.74. The van der Waals surface area contributed by atoms with Gasteiger partial charge in [-0.3, -0.25) is 0 Å². The molecule has 0 saturated carbocycles. The molecule has 15 heavy (non-hydrogen) atoms. The predicted molar refractivity (Wildman–Crippen MR) is 71.5 cm³/mol. The molecule has 2 aromatic rings. The van der Waals surface area contributed by atoms with Crippen LogP contribution in [-0.4, -0.2) is 14.7 Å². The van der Waals surface area contributed by atoms with Crippen LogP contribution in [0.4, 0.5) is 0 Å². The minimum atomic E-state index is -1.03. The van der Waals surface area contributed by atoms with Crippen molar-refractivity contribution in [1.82, 2.24) is 0 Å². The van der Waals surface area contributed by atoms with Crippen molar-refractivity contribution in [1.29, 1.82) is 0 Å². The van der Waals surface area contributed by atoms with Gasteiger partial charge in [0, 0.05) is 0 Å². The molecule has 1 unspecified atom stereocenters. The Morgan fingerprint density at radius 2 is 1.33 bits per heavy atom. The maximum absolute atomic E-state index is 3.47. The van der Waals surface area contributed by atoms with Gasteiger partial charge in [-0.05, 0) is 0 Å². The third-order valence-electron chi connectivity index (χ3n) is 2.36. The van der Waals surface area contributed by atoms with E-state index in [9.17, 15) is 0 Å². The van der Waals surface area contributed by atoms with E-state index in [1.807, 2.05) is 0 Å². The van der Waals surface area contributed by atoms with Gasteiger partial charge in [-0.2, -0.15) is 0 Å². The van der Waals surface area contributed by atoms with Gasteiger partial charge < -0.3 is 0 Å². The Hall–Kier alpha value is -0.522. The van der Waals surface area contributed by atoms with Crippen molar-refractivity contribution in [3.63, 3.8) is 0 Å².